The number of aromatic nitrogens is 2. The van der Waals surface area contributed by atoms with Gasteiger partial charge in [0, 0.05) is 17.5 Å². The van der Waals surface area contributed by atoms with Crippen LogP contribution in [0.1, 0.15) is 17.3 Å². The Balaban J connectivity index is 1.67. The lowest BCUT2D eigenvalue weighted by molar-refractivity contribution is -0.113. The molecule has 0 bridgehead atoms. The molecule has 0 aliphatic rings. The molecular weight excluding hydrogens is 432 g/mol. The van der Waals surface area contributed by atoms with Crippen molar-refractivity contribution in [2.24, 2.45) is 0 Å². The highest BCUT2D eigenvalue weighted by Crippen LogP contribution is 2.36. The third-order valence-corrected chi connectivity index (χ3v) is 6.35. The third kappa shape index (κ3) is 5.46. The molecule has 3 heterocycles. The van der Waals surface area contributed by atoms with Crippen LogP contribution in [0.25, 0.3) is 11.3 Å². The molecule has 2 N–H and O–H groups in total. The van der Waals surface area contributed by atoms with Crippen molar-refractivity contribution in [1.82, 2.24) is 10.2 Å². The number of hydrogen-bond donors (Lipinski definition) is 2. The van der Waals surface area contributed by atoms with Crippen LogP contribution in [0, 0.1) is 0 Å². The maximum atomic E-state index is 12.4. The molecule has 152 valence electrons. The van der Waals surface area contributed by atoms with E-state index in [4.69, 9.17) is 9.15 Å². The summed E-state index contributed by atoms with van der Waals surface area (Å²) in [5.74, 6) is -0.103. The van der Waals surface area contributed by atoms with Gasteiger partial charge in [0.2, 0.25) is 11.0 Å². The minimum atomic E-state index is -0.509. The molecule has 0 unspecified atom stereocenters. The van der Waals surface area contributed by atoms with E-state index < -0.39 is 5.97 Å². The smallest absolute Gasteiger partial charge is 0.341 e. The van der Waals surface area contributed by atoms with Gasteiger partial charge in [0.15, 0.2) is 4.34 Å². The van der Waals surface area contributed by atoms with Crippen LogP contribution in [0.4, 0.5) is 10.1 Å². The highest BCUT2D eigenvalue weighted by Gasteiger charge is 2.24. The Morgan fingerprint density at radius 1 is 1.41 bits per heavy atom. The van der Waals surface area contributed by atoms with Crippen molar-refractivity contribution in [1.29, 1.82) is 0 Å². The third-order valence-electron chi connectivity index (χ3n) is 3.44. The zero-order chi connectivity index (χ0) is 20.6. The lowest BCUT2D eigenvalue weighted by atomic mass is 10.1. The van der Waals surface area contributed by atoms with E-state index in [2.05, 4.69) is 27.4 Å². The Bertz CT molecular complexity index is 981. The van der Waals surface area contributed by atoms with Crippen molar-refractivity contribution in [3.63, 3.8) is 0 Å². The molecule has 0 saturated heterocycles. The minimum Gasteiger partial charge on any atom is -0.464 e. The summed E-state index contributed by atoms with van der Waals surface area (Å²) in [5.41, 5.74) is 0.875. The van der Waals surface area contributed by atoms with Gasteiger partial charge in [0.1, 0.15) is 16.3 Å². The number of carbonyl (C=O) groups excluding carboxylic acids is 2. The van der Waals surface area contributed by atoms with Crippen LogP contribution in [-0.2, 0) is 9.53 Å². The zero-order valence-corrected chi connectivity index (χ0v) is 17.9. The summed E-state index contributed by atoms with van der Waals surface area (Å²) < 4.78 is 11.2. The second-order valence-electron chi connectivity index (χ2n) is 5.43. The van der Waals surface area contributed by atoms with Crippen molar-refractivity contribution in [3.8, 4) is 11.3 Å². The molecule has 0 spiro atoms. The van der Waals surface area contributed by atoms with Crippen LogP contribution in [0.2, 0.25) is 0 Å². The zero-order valence-electron chi connectivity index (χ0n) is 15.5. The first kappa shape index (κ1) is 21.1. The fourth-order valence-corrected chi connectivity index (χ4v) is 4.77. The van der Waals surface area contributed by atoms with Crippen LogP contribution in [0.5, 0.6) is 0 Å². The normalized spacial score (nSPS) is 10.5. The molecule has 0 radical (unpaired) electrons. The molecule has 0 saturated carbocycles. The Morgan fingerprint density at radius 3 is 3.00 bits per heavy atom. The fraction of sp³-hybridized carbons (Fsp3) is 0.222. The van der Waals surface area contributed by atoms with Gasteiger partial charge in [0.05, 0.1) is 18.6 Å². The van der Waals surface area contributed by atoms with Gasteiger partial charge >= 0.3 is 5.97 Å². The highest BCUT2D eigenvalue weighted by atomic mass is 32.2. The van der Waals surface area contributed by atoms with Crippen molar-refractivity contribution < 1.29 is 18.7 Å². The Morgan fingerprint density at radius 2 is 2.28 bits per heavy atom. The van der Waals surface area contributed by atoms with E-state index in [-0.39, 0.29) is 23.8 Å². The molecule has 1 amide bonds. The second kappa shape index (κ2) is 10.2. The number of furan rings is 1. The molecule has 0 fully saturated rings. The number of anilines is 2. The molecule has 0 atom stereocenters. The number of hydrogen-bond acceptors (Lipinski definition) is 10. The van der Waals surface area contributed by atoms with Gasteiger partial charge in [-0.1, -0.05) is 29.2 Å². The summed E-state index contributed by atoms with van der Waals surface area (Å²) in [6.07, 6.45) is 3.25. The van der Waals surface area contributed by atoms with E-state index in [1.165, 1.54) is 40.7 Å². The number of carbonyl (C=O) groups is 2. The number of rotatable bonds is 10. The summed E-state index contributed by atoms with van der Waals surface area (Å²) in [6, 6.07) is 3.48. The van der Waals surface area contributed by atoms with Gasteiger partial charge in [-0.3, -0.25) is 4.79 Å². The van der Waals surface area contributed by atoms with Gasteiger partial charge in [-0.05, 0) is 19.1 Å². The van der Waals surface area contributed by atoms with Gasteiger partial charge in [-0.25, -0.2) is 4.79 Å². The lowest BCUT2D eigenvalue weighted by Crippen LogP contribution is -2.16. The van der Waals surface area contributed by atoms with E-state index in [1.54, 1.807) is 30.5 Å². The average molecular weight is 451 g/mol. The summed E-state index contributed by atoms with van der Waals surface area (Å²) in [4.78, 5) is 24.9. The average Bonchev–Trinajstić information content (AvgIpc) is 3.45. The van der Waals surface area contributed by atoms with E-state index in [0.717, 1.165) is 0 Å². The van der Waals surface area contributed by atoms with E-state index in [0.29, 0.717) is 32.3 Å². The van der Waals surface area contributed by atoms with Crippen molar-refractivity contribution in [3.05, 3.63) is 42.0 Å². The summed E-state index contributed by atoms with van der Waals surface area (Å²) in [5, 5.41) is 16.7. The van der Waals surface area contributed by atoms with Crippen LogP contribution in [0.15, 0.2) is 45.2 Å². The molecule has 0 aliphatic heterocycles. The van der Waals surface area contributed by atoms with Gasteiger partial charge in [0.25, 0.3) is 0 Å². The maximum Gasteiger partial charge on any atom is 0.341 e. The van der Waals surface area contributed by atoms with Crippen LogP contribution >= 0.6 is 34.4 Å². The molecule has 3 aromatic rings. The van der Waals surface area contributed by atoms with E-state index >= 15 is 0 Å². The predicted molar refractivity (Wildman–Crippen MR) is 116 cm³/mol. The maximum absolute atomic E-state index is 12.4. The number of esters is 1. The van der Waals surface area contributed by atoms with E-state index in [1.807, 2.05) is 0 Å². The fourth-order valence-electron chi connectivity index (χ4n) is 2.26. The number of nitrogens with zero attached hydrogens (tertiary/aromatic N) is 2. The molecule has 11 heteroatoms. The van der Waals surface area contributed by atoms with Crippen molar-refractivity contribution >= 4 is 56.4 Å². The van der Waals surface area contributed by atoms with Crippen LogP contribution in [-0.4, -0.2) is 41.0 Å². The second-order valence-corrected chi connectivity index (χ2v) is 8.51. The lowest BCUT2D eigenvalue weighted by Gasteiger charge is -2.07. The molecule has 0 aromatic carbocycles. The largest absolute Gasteiger partial charge is 0.464 e. The monoisotopic (exact) mass is 450 g/mol. The van der Waals surface area contributed by atoms with Crippen molar-refractivity contribution in [2.75, 3.05) is 29.5 Å². The van der Waals surface area contributed by atoms with Gasteiger partial charge in [-0.15, -0.1) is 28.1 Å². The van der Waals surface area contributed by atoms with Gasteiger partial charge < -0.3 is 19.8 Å². The number of nitrogens with one attached hydrogen (secondary N) is 2. The van der Waals surface area contributed by atoms with Crippen molar-refractivity contribution in [2.45, 2.75) is 11.3 Å². The minimum absolute atomic E-state index is 0.131. The topological polar surface area (TPSA) is 106 Å². The highest BCUT2D eigenvalue weighted by molar-refractivity contribution is 8.01. The number of thiophene rings is 1. The first-order valence-electron chi connectivity index (χ1n) is 8.55. The Labute approximate surface area is 179 Å². The first-order valence-corrected chi connectivity index (χ1v) is 11.2. The molecule has 8 nitrogen and oxygen atoms in total. The molecule has 3 rings (SSSR count). The Hall–Kier alpha value is -2.63. The molecule has 29 heavy (non-hydrogen) atoms. The molecular formula is C18H18N4O4S3. The van der Waals surface area contributed by atoms with Crippen LogP contribution < -0.4 is 10.6 Å². The predicted octanol–water partition coefficient (Wildman–Crippen LogP) is 4.37. The first-order chi connectivity index (χ1) is 14.1. The number of ether oxygens (including phenoxy) is 1. The molecule has 3 aromatic heterocycles. The van der Waals surface area contributed by atoms with Gasteiger partial charge in [-0.2, -0.15) is 0 Å². The number of amides is 1. The number of thioether (sulfide) groups is 1. The SMILES string of the molecule is C=CCNc1nnc(SCC(=O)Nc2scc(-c3ccco3)c2C(=O)OCC)s1. The quantitative estimate of drug-likeness (QED) is 0.266. The summed E-state index contributed by atoms with van der Waals surface area (Å²) in [6.45, 7) is 6.18. The molecule has 0 aliphatic carbocycles. The van der Waals surface area contributed by atoms with Crippen LogP contribution in [0.3, 0.4) is 0 Å². The van der Waals surface area contributed by atoms with E-state index in [9.17, 15) is 9.59 Å². The Kier molecular flexibility index (Phi) is 7.44. The summed E-state index contributed by atoms with van der Waals surface area (Å²) >= 11 is 3.87. The standard InChI is InChI=1S/C18H18N4O4S3/c1-3-7-19-17-21-22-18(29-17)28-10-13(23)20-15-14(16(24)25-4-2)11(9-27-15)12-6-5-8-26-12/h3,5-6,8-9H,1,4,7,10H2,2H3,(H,19,21)(H,20,23). The summed E-state index contributed by atoms with van der Waals surface area (Å²) in [7, 11) is 0.